The van der Waals surface area contributed by atoms with Gasteiger partial charge in [0, 0.05) is 17.8 Å². The number of hydrogen-bond donors (Lipinski definition) is 1. The average Bonchev–Trinajstić information content (AvgIpc) is 3.42. The number of likely N-dealkylation sites (tertiary alicyclic amines) is 1. The molecule has 2 saturated heterocycles. The first-order valence-electron chi connectivity index (χ1n) is 12.3. The van der Waals surface area contributed by atoms with Gasteiger partial charge in [-0.05, 0) is 77.7 Å². The van der Waals surface area contributed by atoms with Crippen molar-refractivity contribution in [3.63, 3.8) is 0 Å². The first kappa shape index (κ1) is 23.0. The molecule has 7 nitrogen and oxygen atoms in total. The number of rotatable bonds is 2. The maximum Gasteiger partial charge on any atom is 0.563 e. The van der Waals surface area contributed by atoms with Gasteiger partial charge in [0.25, 0.3) is 0 Å². The maximum atomic E-state index is 12.8. The first-order valence-corrected chi connectivity index (χ1v) is 12.3. The Bertz CT molecular complexity index is 1130. The van der Waals surface area contributed by atoms with Crippen LogP contribution in [0.5, 0.6) is 0 Å². The fraction of sp³-hybridized carbons (Fsp3) is 0.538. The molecular formula is C26H34BN3O4. The molecule has 8 heteroatoms. The van der Waals surface area contributed by atoms with Crippen LogP contribution in [0.3, 0.4) is 0 Å². The molecule has 1 aromatic heterocycles. The number of aromatic nitrogens is 2. The summed E-state index contributed by atoms with van der Waals surface area (Å²) in [4.78, 5) is 23.2. The lowest BCUT2D eigenvalue weighted by molar-refractivity contribution is 0.0218. The van der Waals surface area contributed by atoms with Crippen molar-refractivity contribution < 1.29 is 18.8 Å². The fourth-order valence-electron chi connectivity index (χ4n) is 5.00. The second kappa shape index (κ2) is 8.19. The van der Waals surface area contributed by atoms with Crippen molar-refractivity contribution >= 4 is 18.7 Å². The van der Waals surface area contributed by atoms with E-state index in [1.165, 1.54) is 5.56 Å². The third kappa shape index (κ3) is 4.24. The van der Waals surface area contributed by atoms with E-state index in [4.69, 9.17) is 19.0 Å². The van der Waals surface area contributed by atoms with Crippen LogP contribution in [0.2, 0.25) is 0 Å². The highest BCUT2D eigenvalue weighted by molar-refractivity contribution is 6.62. The van der Waals surface area contributed by atoms with Crippen LogP contribution >= 0.6 is 0 Å². The van der Waals surface area contributed by atoms with E-state index in [9.17, 15) is 4.79 Å². The van der Waals surface area contributed by atoms with Gasteiger partial charge in [-0.25, -0.2) is 9.78 Å². The Hall–Kier alpha value is -2.74. The number of carbonyl (C=O) groups is 1. The summed E-state index contributed by atoms with van der Waals surface area (Å²) >= 11 is 0. The number of aromatic amines is 1. The number of fused-ring (bicyclic) bond motifs is 3. The average molecular weight is 463 g/mol. The van der Waals surface area contributed by atoms with E-state index in [1.807, 2.05) is 39.5 Å². The third-order valence-corrected chi connectivity index (χ3v) is 6.85. The summed E-state index contributed by atoms with van der Waals surface area (Å²) in [6.07, 6.45) is 4.47. The Morgan fingerprint density at radius 3 is 2.79 bits per heavy atom. The van der Waals surface area contributed by atoms with Gasteiger partial charge in [0.2, 0.25) is 0 Å². The monoisotopic (exact) mass is 463 g/mol. The molecule has 0 spiro atoms. The highest BCUT2D eigenvalue weighted by Gasteiger charge is 2.43. The van der Waals surface area contributed by atoms with Gasteiger partial charge in [-0.15, -0.1) is 0 Å². The SMILES string of the molecule is C=C1OB(c2ccc3c(c2)CCCc2[nH]c([C@@H]4CCCN4C(=O)OC(C)(C)C)nc2-3)OC1(C)C. The van der Waals surface area contributed by atoms with Crippen molar-refractivity contribution in [2.45, 2.75) is 84.0 Å². The molecule has 1 aliphatic carbocycles. The number of hydrogen-bond acceptors (Lipinski definition) is 5. The van der Waals surface area contributed by atoms with E-state index in [-0.39, 0.29) is 12.1 Å². The number of H-pyrrole nitrogens is 1. The lowest BCUT2D eigenvalue weighted by Crippen LogP contribution is -2.36. The van der Waals surface area contributed by atoms with Crippen LogP contribution in [0.25, 0.3) is 11.3 Å². The molecule has 2 aliphatic heterocycles. The van der Waals surface area contributed by atoms with Gasteiger partial charge in [-0.1, -0.05) is 24.8 Å². The van der Waals surface area contributed by atoms with Crippen LogP contribution in [0.4, 0.5) is 4.79 Å². The predicted octanol–water partition coefficient (Wildman–Crippen LogP) is 4.67. The molecule has 3 aliphatic rings. The van der Waals surface area contributed by atoms with E-state index < -0.39 is 18.3 Å². The normalized spacial score (nSPS) is 21.7. The minimum Gasteiger partial charge on any atom is -0.534 e. The number of ether oxygens (including phenoxy) is 1. The Balaban J connectivity index is 1.43. The van der Waals surface area contributed by atoms with Crippen molar-refractivity contribution in [1.29, 1.82) is 0 Å². The van der Waals surface area contributed by atoms with Gasteiger partial charge >= 0.3 is 13.2 Å². The second-order valence-electron chi connectivity index (χ2n) is 11.1. The van der Waals surface area contributed by atoms with E-state index in [2.05, 4.69) is 29.8 Å². The van der Waals surface area contributed by atoms with E-state index in [0.29, 0.717) is 12.3 Å². The van der Waals surface area contributed by atoms with Crippen LogP contribution in [-0.4, -0.2) is 45.8 Å². The van der Waals surface area contributed by atoms with Crippen LogP contribution in [0, 0.1) is 0 Å². The maximum absolute atomic E-state index is 12.8. The van der Waals surface area contributed by atoms with E-state index in [0.717, 1.165) is 60.3 Å². The number of benzene rings is 1. The molecule has 0 bridgehead atoms. The van der Waals surface area contributed by atoms with Crippen LogP contribution in [-0.2, 0) is 26.9 Å². The first-order chi connectivity index (χ1) is 16.0. The summed E-state index contributed by atoms with van der Waals surface area (Å²) < 4.78 is 17.6. The molecule has 1 aromatic carbocycles. The topological polar surface area (TPSA) is 76.7 Å². The molecule has 0 saturated carbocycles. The molecule has 2 fully saturated rings. The smallest absolute Gasteiger partial charge is 0.534 e. The summed E-state index contributed by atoms with van der Waals surface area (Å²) in [7, 11) is -0.439. The van der Waals surface area contributed by atoms with E-state index in [1.54, 1.807) is 0 Å². The fourth-order valence-corrected chi connectivity index (χ4v) is 5.00. The molecule has 5 rings (SSSR count). The summed E-state index contributed by atoms with van der Waals surface area (Å²) in [5.74, 6) is 1.50. The standard InChI is InChI=1S/C26H34BN3O4/c1-16-26(5,6)34-27(33-16)18-12-13-19-17(15-18)9-7-10-20-22(19)29-23(28-20)21-11-8-14-30(21)24(31)32-25(2,3)4/h12-13,15,21H,1,7-11,14H2,2-6H3,(H,28,29)/t21-/m0/s1. The minimum atomic E-state index is -0.518. The number of amides is 1. The van der Waals surface area contributed by atoms with Gasteiger partial charge < -0.3 is 19.0 Å². The number of imidazole rings is 1. The van der Waals surface area contributed by atoms with Crippen LogP contribution < -0.4 is 5.46 Å². The molecular weight excluding hydrogens is 429 g/mol. The molecule has 34 heavy (non-hydrogen) atoms. The lowest BCUT2D eigenvalue weighted by Gasteiger charge is -2.27. The van der Waals surface area contributed by atoms with Gasteiger partial charge in [0.05, 0.1) is 17.5 Å². The molecule has 3 heterocycles. The highest BCUT2D eigenvalue weighted by Crippen LogP contribution is 2.37. The van der Waals surface area contributed by atoms with E-state index >= 15 is 0 Å². The van der Waals surface area contributed by atoms with Crippen molar-refractivity contribution in [3.05, 3.63) is 47.6 Å². The quantitative estimate of drug-likeness (QED) is 0.655. The summed E-state index contributed by atoms with van der Waals surface area (Å²) in [6.45, 7) is 14.3. The predicted molar refractivity (Wildman–Crippen MR) is 132 cm³/mol. The highest BCUT2D eigenvalue weighted by atomic mass is 16.7. The Kier molecular flexibility index (Phi) is 5.55. The largest absolute Gasteiger partial charge is 0.563 e. The molecule has 180 valence electrons. The summed E-state index contributed by atoms with van der Waals surface area (Å²) in [6, 6.07) is 6.28. The summed E-state index contributed by atoms with van der Waals surface area (Å²) in [5.41, 5.74) is 4.49. The zero-order chi connectivity index (χ0) is 24.3. The number of nitrogens with one attached hydrogen (secondary N) is 1. The van der Waals surface area contributed by atoms with Gasteiger partial charge in [-0.2, -0.15) is 0 Å². The Morgan fingerprint density at radius 1 is 1.29 bits per heavy atom. The van der Waals surface area contributed by atoms with Gasteiger partial charge in [-0.3, -0.25) is 4.90 Å². The molecule has 1 atom stereocenters. The molecule has 0 unspecified atom stereocenters. The number of aryl methyl sites for hydroxylation is 2. The zero-order valence-electron chi connectivity index (χ0n) is 20.9. The third-order valence-electron chi connectivity index (χ3n) is 6.85. The molecule has 1 amide bonds. The minimum absolute atomic E-state index is 0.0852. The van der Waals surface area contributed by atoms with Gasteiger partial charge in [0.15, 0.2) is 0 Å². The van der Waals surface area contributed by atoms with Crippen molar-refractivity contribution in [3.8, 4) is 11.3 Å². The zero-order valence-corrected chi connectivity index (χ0v) is 20.9. The molecule has 2 aromatic rings. The molecule has 1 N–H and O–H groups in total. The Morgan fingerprint density at radius 2 is 2.09 bits per heavy atom. The lowest BCUT2D eigenvalue weighted by atomic mass is 9.77. The molecule has 0 radical (unpaired) electrons. The number of carbonyl (C=O) groups excluding carboxylic acids is 1. The van der Waals surface area contributed by atoms with Crippen molar-refractivity contribution in [1.82, 2.24) is 14.9 Å². The van der Waals surface area contributed by atoms with Crippen LogP contribution in [0.1, 0.15) is 77.0 Å². The second-order valence-corrected chi connectivity index (χ2v) is 11.1. The number of nitrogens with zero attached hydrogens (tertiary/aromatic N) is 2. The summed E-state index contributed by atoms with van der Waals surface area (Å²) in [5, 5.41) is 0. The van der Waals surface area contributed by atoms with Crippen molar-refractivity contribution in [2.24, 2.45) is 0 Å². The Labute approximate surface area is 202 Å². The van der Waals surface area contributed by atoms with Crippen molar-refractivity contribution in [2.75, 3.05) is 6.54 Å². The van der Waals surface area contributed by atoms with Gasteiger partial charge in [0.1, 0.15) is 17.0 Å². The van der Waals surface area contributed by atoms with Crippen LogP contribution in [0.15, 0.2) is 30.5 Å².